The molecule has 2 nitrogen and oxygen atoms in total. The molecule has 0 saturated carbocycles. The Hall–Kier alpha value is -1.19. The number of hydrogen-bond donors (Lipinski definition) is 1. The molecule has 0 atom stereocenters. The average Bonchev–Trinajstić information content (AvgIpc) is 2.80. The van der Waals surface area contributed by atoms with Gasteiger partial charge in [0, 0.05) is 11.9 Å². The van der Waals surface area contributed by atoms with Crippen molar-refractivity contribution < 1.29 is 0 Å². The molecule has 0 aromatic carbocycles. The zero-order valence-electron chi connectivity index (χ0n) is 8.52. The fourth-order valence-corrected chi connectivity index (χ4v) is 2.17. The maximum atomic E-state index is 5.48. The third kappa shape index (κ3) is 2.64. The molecule has 0 aliphatic carbocycles. The molecule has 0 aliphatic heterocycles. The van der Waals surface area contributed by atoms with Gasteiger partial charge < -0.3 is 5.73 Å². The minimum Gasteiger partial charge on any atom is -0.330 e. The Kier molecular flexibility index (Phi) is 3.48. The van der Waals surface area contributed by atoms with E-state index >= 15 is 0 Å². The quantitative estimate of drug-likeness (QED) is 0.857. The van der Waals surface area contributed by atoms with Crippen molar-refractivity contribution in [3.05, 3.63) is 40.8 Å². The van der Waals surface area contributed by atoms with E-state index in [2.05, 4.69) is 27.9 Å². The molecule has 2 aromatic heterocycles. The Morgan fingerprint density at radius 1 is 1.27 bits per heavy atom. The summed E-state index contributed by atoms with van der Waals surface area (Å²) in [4.78, 5) is 4.33. The molecule has 0 amide bonds. The van der Waals surface area contributed by atoms with Crippen LogP contribution in [0.3, 0.4) is 0 Å². The first-order chi connectivity index (χ1) is 7.40. The minimum atomic E-state index is 0.727. The number of hydrogen-bond acceptors (Lipinski definition) is 3. The van der Waals surface area contributed by atoms with E-state index in [4.69, 9.17) is 5.73 Å². The second kappa shape index (κ2) is 5.05. The van der Waals surface area contributed by atoms with Gasteiger partial charge in [-0.3, -0.25) is 4.98 Å². The topological polar surface area (TPSA) is 38.9 Å². The highest BCUT2D eigenvalue weighted by molar-refractivity contribution is 7.08. The zero-order valence-corrected chi connectivity index (χ0v) is 9.33. The van der Waals surface area contributed by atoms with Gasteiger partial charge in [-0.05, 0) is 59.5 Å². The summed E-state index contributed by atoms with van der Waals surface area (Å²) >= 11 is 1.72. The molecule has 3 heteroatoms. The van der Waals surface area contributed by atoms with Crippen LogP contribution in [0.5, 0.6) is 0 Å². The van der Waals surface area contributed by atoms with E-state index in [0.717, 1.165) is 25.1 Å². The van der Waals surface area contributed by atoms with E-state index in [1.807, 2.05) is 12.3 Å². The van der Waals surface area contributed by atoms with Gasteiger partial charge in [-0.25, -0.2) is 0 Å². The monoisotopic (exact) mass is 218 g/mol. The first-order valence-corrected chi connectivity index (χ1v) is 6.02. The van der Waals surface area contributed by atoms with E-state index in [9.17, 15) is 0 Å². The van der Waals surface area contributed by atoms with Crippen molar-refractivity contribution in [3.63, 3.8) is 0 Å². The van der Waals surface area contributed by atoms with Crippen LogP contribution in [0.25, 0.3) is 11.1 Å². The van der Waals surface area contributed by atoms with Crippen LogP contribution in [0.15, 0.2) is 35.2 Å². The second-order valence-corrected chi connectivity index (χ2v) is 4.22. The van der Waals surface area contributed by atoms with Crippen LogP contribution < -0.4 is 5.73 Å². The summed E-state index contributed by atoms with van der Waals surface area (Å²) in [6.45, 7) is 0.727. The number of pyridine rings is 1. The van der Waals surface area contributed by atoms with Gasteiger partial charge in [0.2, 0.25) is 0 Å². The van der Waals surface area contributed by atoms with Crippen LogP contribution in [0.2, 0.25) is 0 Å². The van der Waals surface area contributed by atoms with Gasteiger partial charge in [0.1, 0.15) is 0 Å². The van der Waals surface area contributed by atoms with Crippen molar-refractivity contribution >= 4 is 11.3 Å². The van der Waals surface area contributed by atoms with Gasteiger partial charge in [0.05, 0.1) is 0 Å². The van der Waals surface area contributed by atoms with Crippen molar-refractivity contribution in [3.8, 4) is 11.1 Å². The van der Waals surface area contributed by atoms with Gasteiger partial charge in [-0.15, -0.1) is 0 Å². The Labute approximate surface area is 93.8 Å². The molecule has 15 heavy (non-hydrogen) atoms. The van der Waals surface area contributed by atoms with Gasteiger partial charge in [-0.1, -0.05) is 0 Å². The van der Waals surface area contributed by atoms with Crippen LogP contribution in [-0.2, 0) is 6.42 Å². The Balaban J connectivity index is 2.19. The predicted molar refractivity (Wildman–Crippen MR) is 64.9 cm³/mol. The number of thiophene rings is 1. The summed E-state index contributed by atoms with van der Waals surface area (Å²) in [5, 5.41) is 4.25. The number of nitrogens with two attached hydrogens (primary N) is 1. The van der Waals surface area contributed by atoms with Crippen LogP contribution in [0.1, 0.15) is 12.1 Å². The number of nitrogens with zero attached hydrogens (tertiary/aromatic N) is 1. The van der Waals surface area contributed by atoms with Crippen molar-refractivity contribution in [2.24, 2.45) is 5.73 Å². The number of aryl methyl sites for hydroxylation is 1. The van der Waals surface area contributed by atoms with Gasteiger partial charge in [-0.2, -0.15) is 11.3 Å². The van der Waals surface area contributed by atoms with Gasteiger partial charge in [0.15, 0.2) is 0 Å². The summed E-state index contributed by atoms with van der Waals surface area (Å²) in [5.41, 5.74) is 9.13. The molecule has 0 radical (unpaired) electrons. The lowest BCUT2D eigenvalue weighted by Gasteiger charge is -2.02. The van der Waals surface area contributed by atoms with E-state index in [0.29, 0.717) is 0 Å². The third-order valence-corrected chi connectivity index (χ3v) is 2.99. The van der Waals surface area contributed by atoms with Crippen LogP contribution in [0.4, 0.5) is 0 Å². The zero-order chi connectivity index (χ0) is 10.5. The second-order valence-electron chi connectivity index (χ2n) is 3.44. The molecule has 2 aromatic rings. The van der Waals surface area contributed by atoms with Crippen LogP contribution in [0, 0.1) is 0 Å². The SMILES string of the molecule is NCCCc1cc(-c2ccsc2)ccn1. The lowest BCUT2D eigenvalue weighted by Crippen LogP contribution is -2.01. The Bertz CT molecular complexity index is 409. The van der Waals surface area contributed by atoms with E-state index in [1.54, 1.807) is 11.3 Å². The fraction of sp³-hybridized carbons (Fsp3) is 0.250. The molecule has 2 rings (SSSR count). The van der Waals surface area contributed by atoms with Crippen molar-refractivity contribution in [2.75, 3.05) is 6.54 Å². The van der Waals surface area contributed by atoms with Crippen LogP contribution in [-0.4, -0.2) is 11.5 Å². The molecular formula is C12H14N2S. The molecule has 78 valence electrons. The lowest BCUT2D eigenvalue weighted by molar-refractivity contribution is 0.811. The van der Waals surface area contributed by atoms with Gasteiger partial charge >= 0.3 is 0 Å². The fourth-order valence-electron chi connectivity index (χ4n) is 1.51. The average molecular weight is 218 g/mol. The highest BCUT2D eigenvalue weighted by Crippen LogP contribution is 2.22. The summed E-state index contributed by atoms with van der Waals surface area (Å²) in [6.07, 6.45) is 3.84. The molecule has 0 bridgehead atoms. The van der Waals surface area contributed by atoms with Crippen molar-refractivity contribution in [1.29, 1.82) is 0 Å². The van der Waals surface area contributed by atoms with Crippen molar-refractivity contribution in [1.82, 2.24) is 4.98 Å². The van der Waals surface area contributed by atoms with Crippen LogP contribution >= 0.6 is 11.3 Å². The number of rotatable bonds is 4. The first kappa shape index (κ1) is 10.3. The molecule has 0 unspecified atom stereocenters. The van der Waals surface area contributed by atoms with Crippen molar-refractivity contribution in [2.45, 2.75) is 12.8 Å². The Morgan fingerprint density at radius 2 is 2.20 bits per heavy atom. The maximum absolute atomic E-state index is 5.48. The molecular weight excluding hydrogens is 204 g/mol. The molecule has 2 N–H and O–H groups in total. The third-order valence-electron chi connectivity index (χ3n) is 2.31. The summed E-state index contributed by atoms with van der Waals surface area (Å²) < 4.78 is 0. The summed E-state index contributed by atoms with van der Waals surface area (Å²) in [5.74, 6) is 0. The highest BCUT2D eigenvalue weighted by Gasteiger charge is 2.00. The normalized spacial score (nSPS) is 10.5. The first-order valence-electron chi connectivity index (χ1n) is 5.08. The molecule has 2 heterocycles. The van der Waals surface area contributed by atoms with E-state index < -0.39 is 0 Å². The maximum Gasteiger partial charge on any atom is 0.0410 e. The highest BCUT2D eigenvalue weighted by atomic mass is 32.1. The smallest absolute Gasteiger partial charge is 0.0410 e. The summed E-state index contributed by atoms with van der Waals surface area (Å²) in [6, 6.07) is 6.33. The molecule has 0 fully saturated rings. The minimum absolute atomic E-state index is 0.727. The van der Waals surface area contributed by atoms with E-state index in [-0.39, 0.29) is 0 Å². The van der Waals surface area contributed by atoms with E-state index in [1.165, 1.54) is 11.1 Å². The summed E-state index contributed by atoms with van der Waals surface area (Å²) in [7, 11) is 0. The largest absolute Gasteiger partial charge is 0.330 e. The molecule has 0 saturated heterocycles. The lowest BCUT2D eigenvalue weighted by atomic mass is 10.1. The number of aromatic nitrogens is 1. The Morgan fingerprint density at radius 3 is 2.93 bits per heavy atom. The predicted octanol–water partition coefficient (Wildman–Crippen LogP) is 2.70. The van der Waals surface area contributed by atoms with Gasteiger partial charge in [0.25, 0.3) is 0 Å². The standard InChI is InChI=1S/C12H14N2S/c13-5-1-2-12-8-10(3-6-14-12)11-4-7-15-9-11/h3-4,6-9H,1-2,5,13H2. The molecule has 0 aliphatic rings. The molecule has 0 spiro atoms.